The summed E-state index contributed by atoms with van der Waals surface area (Å²) >= 11 is 0. The minimum absolute atomic E-state index is 0.0802. The molecule has 7 heteroatoms. The summed E-state index contributed by atoms with van der Waals surface area (Å²) in [5.74, 6) is 1.38. The number of hydrogen-bond donors (Lipinski definition) is 1. The average molecular weight is 470 g/mol. The van der Waals surface area contributed by atoms with E-state index >= 15 is 0 Å². The Morgan fingerprint density at radius 2 is 1.74 bits per heavy atom. The van der Waals surface area contributed by atoms with Gasteiger partial charge >= 0.3 is 0 Å². The number of rotatable bonds is 6. The molecule has 180 valence electrons. The largest absolute Gasteiger partial charge is 0.497 e. The molecule has 7 nitrogen and oxygen atoms in total. The van der Waals surface area contributed by atoms with Crippen molar-refractivity contribution in [2.24, 2.45) is 0 Å². The molecule has 1 aliphatic carbocycles. The van der Waals surface area contributed by atoms with E-state index in [0.29, 0.717) is 17.9 Å². The van der Waals surface area contributed by atoms with Crippen LogP contribution in [0.1, 0.15) is 29.7 Å². The van der Waals surface area contributed by atoms with Crippen LogP contribution < -0.4 is 15.0 Å². The second-order valence-electron chi connectivity index (χ2n) is 9.15. The lowest BCUT2D eigenvalue weighted by molar-refractivity contribution is -0.117. The number of nitriles is 1. The van der Waals surface area contributed by atoms with Crippen molar-refractivity contribution in [1.82, 2.24) is 9.47 Å². The maximum Gasteiger partial charge on any atom is 0.239 e. The molecule has 1 saturated heterocycles. The molecule has 0 spiro atoms. The van der Waals surface area contributed by atoms with Crippen molar-refractivity contribution in [3.8, 4) is 17.5 Å². The molecule has 1 amide bonds. The lowest BCUT2D eigenvalue weighted by Gasteiger charge is -2.35. The van der Waals surface area contributed by atoms with E-state index in [0.717, 1.165) is 80.2 Å². The van der Waals surface area contributed by atoms with Crippen LogP contribution >= 0.6 is 0 Å². The number of fused-ring (bicyclic) bond motifs is 1. The van der Waals surface area contributed by atoms with Gasteiger partial charge in [0.05, 0.1) is 19.2 Å². The SMILES string of the molecule is COc1cccc(N2CCN(CC(=O)Nc3c(C#N)c4c(n3-c3ccccc3)CCCC4)CC2)c1. The van der Waals surface area contributed by atoms with Crippen LogP contribution in [0.5, 0.6) is 5.75 Å². The van der Waals surface area contributed by atoms with E-state index in [4.69, 9.17) is 4.74 Å². The number of nitrogens with one attached hydrogen (secondary N) is 1. The van der Waals surface area contributed by atoms with Gasteiger partial charge in [-0.3, -0.25) is 14.3 Å². The van der Waals surface area contributed by atoms with E-state index in [1.54, 1.807) is 7.11 Å². The fraction of sp³-hybridized carbons (Fsp3) is 0.357. The van der Waals surface area contributed by atoms with Crippen molar-refractivity contribution >= 4 is 17.4 Å². The minimum Gasteiger partial charge on any atom is -0.497 e. The Morgan fingerprint density at radius 3 is 2.49 bits per heavy atom. The summed E-state index contributed by atoms with van der Waals surface area (Å²) in [5.41, 5.74) is 4.97. The molecule has 5 rings (SSSR count). The van der Waals surface area contributed by atoms with Gasteiger partial charge in [-0.2, -0.15) is 5.26 Å². The fourth-order valence-electron chi connectivity index (χ4n) is 5.24. The van der Waals surface area contributed by atoms with Gasteiger partial charge in [-0.1, -0.05) is 24.3 Å². The van der Waals surface area contributed by atoms with Gasteiger partial charge in [-0.15, -0.1) is 0 Å². The first-order chi connectivity index (χ1) is 17.2. The third kappa shape index (κ3) is 4.75. The number of carbonyl (C=O) groups is 1. The van der Waals surface area contributed by atoms with Crippen LogP contribution in [0.4, 0.5) is 11.5 Å². The van der Waals surface area contributed by atoms with E-state index in [-0.39, 0.29) is 5.91 Å². The molecule has 0 bridgehead atoms. The van der Waals surface area contributed by atoms with Crippen molar-refractivity contribution in [1.29, 1.82) is 5.26 Å². The molecule has 2 aromatic carbocycles. The van der Waals surface area contributed by atoms with Crippen molar-refractivity contribution < 1.29 is 9.53 Å². The smallest absolute Gasteiger partial charge is 0.239 e. The Balaban J connectivity index is 1.30. The fourth-order valence-corrected chi connectivity index (χ4v) is 5.24. The summed E-state index contributed by atoms with van der Waals surface area (Å²) in [4.78, 5) is 17.7. The van der Waals surface area contributed by atoms with Gasteiger partial charge in [-0.05, 0) is 55.5 Å². The average Bonchev–Trinajstić information content (AvgIpc) is 3.22. The van der Waals surface area contributed by atoms with Crippen molar-refractivity contribution in [2.45, 2.75) is 25.7 Å². The highest BCUT2D eigenvalue weighted by Crippen LogP contribution is 2.35. The number of methoxy groups -OCH3 is 1. The third-order valence-corrected chi connectivity index (χ3v) is 7.01. The van der Waals surface area contributed by atoms with Crippen molar-refractivity contribution in [3.05, 3.63) is 71.4 Å². The normalized spacial score (nSPS) is 15.8. The first kappa shape index (κ1) is 23.0. The molecular weight excluding hydrogens is 438 g/mol. The van der Waals surface area contributed by atoms with E-state index in [9.17, 15) is 10.1 Å². The minimum atomic E-state index is -0.0802. The molecule has 0 unspecified atom stereocenters. The van der Waals surface area contributed by atoms with Crippen LogP contribution in [0.25, 0.3) is 5.69 Å². The number of nitrogens with zero attached hydrogens (tertiary/aromatic N) is 4. The molecule has 1 aliphatic heterocycles. The monoisotopic (exact) mass is 469 g/mol. The van der Waals surface area contributed by atoms with E-state index in [1.807, 2.05) is 48.5 Å². The molecule has 3 aromatic rings. The summed E-state index contributed by atoms with van der Waals surface area (Å²) < 4.78 is 7.44. The first-order valence-corrected chi connectivity index (χ1v) is 12.3. The van der Waals surface area contributed by atoms with Gasteiger partial charge in [0.25, 0.3) is 0 Å². The maximum atomic E-state index is 13.2. The predicted octanol–water partition coefficient (Wildman–Crippen LogP) is 4.00. The lowest BCUT2D eigenvalue weighted by atomic mass is 9.95. The van der Waals surface area contributed by atoms with Crippen LogP contribution in [-0.2, 0) is 17.6 Å². The lowest BCUT2D eigenvalue weighted by Crippen LogP contribution is -2.48. The van der Waals surface area contributed by atoms with Crippen LogP contribution in [0.2, 0.25) is 0 Å². The molecule has 2 heterocycles. The van der Waals surface area contributed by atoms with Gasteiger partial charge < -0.3 is 15.0 Å². The van der Waals surface area contributed by atoms with E-state index < -0.39 is 0 Å². The summed E-state index contributed by atoms with van der Waals surface area (Å²) in [5, 5.41) is 13.1. The highest BCUT2D eigenvalue weighted by Gasteiger charge is 2.27. The molecule has 0 radical (unpaired) electrons. The van der Waals surface area contributed by atoms with E-state index in [2.05, 4.69) is 31.8 Å². The Bertz CT molecular complexity index is 1240. The van der Waals surface area contributed by atoms with E-state index in [1.165, 1.54) is 0 Å². The molecule has 2 aliphatic rings. The van der Waals surface area contributed by atoms with Crippen LogP contribution in [0.15, 0.2) is 54.6 Å². The second-order valence-corrected chi connectivity index (χ2v) is 9.15. The molecule has 35 heavy (non-hydrogen) atoms. The Morgan fingerprint density at radius 1 is 1.00 bits per heavy atom. The molecule has 1 fully saturated rings. The number of hydrogen-bond acceptors (Lipinski definition) is 5. The Hall–Kier alpha value is -3.76. The van der Waals surface area contributed by atoms with Gasteiger partial charge in [0.2, 0.25) is 5.91 Å². The number of ether oxygens (including phenoxy) is 1. The molecule has 1 aromatic heterocycles. The molecular formula is C28H31N5O2. The molecule has 1 N–H and O–H groups in total. The zero-order chi connectivity index (χ0) is 24.2. The zero-order valence-corrected chi connectivity index (χ0v) is 20.2. The highest BCUT2D eigenvalue weighted by molar-refractivity contribution is 5.93. The number of piperazine rings is 1. The van der Waals surface area contributed by atoms with Gasteiger partial charge in [0.15, 0.2) is 0 Å². The molecule has 0 atom stereocenters. The predicted molar refractivity (Wildman–Crippen MR) is 137 cm³/mol. The topological polar surface area (TPSA) is 73.5 Å². The van der Waals surface area contributed by atoms with Crippen molar-refractivity contribution in [2.75, 3.05) is 50.1 Å². The second kappa shape index (κ2) is 10.2. The standard InChI is InChI=1S/C28H31N5O2/c1-35-23-11-7-10-22(18-23)32-16-14-31(15-17-32)20-27(34)30-28-25(19-29)24-12-5-6-13-26(24)33(28)21-8-3-2-4-9-21/h2-4,7-11,18H,5-6,12-17,20H2,1H3,(H,30,34). The van der Waals surface area contributed by atoms with Crippen LogP contribution in [-0.4, -0.2) is 55.2 Å². The van der Waals surface area contributed by atoms with Gasteiger partial charge in [0.1, 0.15) is 17.6 Å². The number of para-hydroxylation sites is 1. The first-order valence-electron chi connectivity index (χ1n) is 12.3. The summed E-state index contributed by atoms with van der Waals surface area (Å²) in [7, 11) is 1.68. The number of carbonyl (C=O) groups excluding carboxylic acids is 1. The van der Waals surface area contributed by atoms with Crippen LogP contribution in [0.3, 0.4) is 0 Å². The van der Waals surface area contributed by atoms with Gasteiger partial charge in [-0.25, -0.2) is 0 Å². The van der Waals surface area contributed by atoms with Crippen LogP contribution in [0, 0.1) is 11.3 Å². The van der Waals surface area contributed by atoms with Crippen molar-refractivity contribution in [3.63, 3.8) is 0 Å². The summed E-state index contributed by atoms with van der Waals surface area (Å²) in [6.07, 6.45) is 3.97. The Labute approximate surface area is 206 Å². The quantitative estimate of drug-likeness (QED) is 0.591. The number of benzene rings is 2. The third-order valence-electron chi connectivity index (χ3n) is 7.01. The maximum absolute atomic E-state index is 13.2. The highest BCUT2D eigenvalue weighted by atomic mass is 16.5. The van der Waals surface area contributed by atoms with Gasteiger partial charge in [0, 0.05) is 49.3 Å². The summed E-state index contributed by atoms with van der Waals surface area (Å²) in [6.45, 7) is 3.59. The summed E-state index contributed by atoms with van der Waals surface area (Å²) in [6, 6.07) is 20.5. The number of amides is 1. The number of anilines is 2. The zero-order valence-electron chi connectivity index (χ0n) is 20.2. The Kier molecular flexibility index (Phi) is 6.73. The molecule has 0 saturated carbocycles. The number of aromatic nitrogens is 1.